The summed E-state index contributed by atoms with van der Waals surface area (Å²) < 4.78 is 0. The first kappa shape index (κ1) is 20.4. The van der Waals surface area contributed by atoms with E-state index in [0.29, 0.717) is 13.1 Å². The van der Waals surface area contributed by atoms with Crippen molar-refractivity contribution in [3.05, 3.63) is 35.4 Å². The van der Waals surface area contributed by atoms with E-state index in [1.807, 2.05) is 21.9 Å². The van der Waals surface area contributed by atoms with Crippen LogP contribution in [0.4, 0.5) is 0 Å². The lowest BCUT2D eigenvalue weighted by molar-refractivity contribution is -0.135. The van der Waals surface area contributed by atoms with Crippen LogP contribution in [0.3, 0.4) is 0 Å². The van der Waals surface area contributed by atoms with Gasteiger partial charge < -0.3 is 9.80 Å². The number of nitrogens with zero attached hydrogens (tertiary/aromatic N) is 3. The number of carbonyl (C=O) groups excluding carboxylic acids is 2. The van der Waals surface area contributed by atoms with E-state index < -0.39 is 0 Å². The van der Waals surface area contributed by atoms with E-state index in [1.54, 1.807) is 0 Å². The highest BCUT2D eigenvalue weighted by Gasteiger charge is 2.51. The lowest BCUT2D eigenvalue weighted by Gasteiger charge is -2.23. The Labute approximate surface area is 175 Å². The number of likely N-dealkylation sites (tertiary alicyclic amines) is 3. The summed E-state index contributed by atoms with van der Waals surface area (Å²) in [6.45, 7) is 8.41. The molecule has 158 valence electrons. The summed E-state index contributed by atoms with van der Waals surface area (Å²) in [7, 11) is 0. The molecule has 3 saturated heterocycles. The fraction of sp³-hybridized carbons (Fsp3) is 0.667. The first-order valence-electron chi connectivity index (χ1n) is 11.5. The molecule has 4 rings (SSSR count). The highest BCUT2D eigenvalue weighted by atomic mass is 16.2. The van der Waals surface area contributed by atoms with Crippen LogP contribution in [0.2, 0.25) is 0 Å². The highest BCUT2D eigenvalue weighted by Crippen LogP contribution is 2.41. The van der Waals surface area contributed by atoms with Crippen molar-refractivity contribution in [3.8, 4) is 0 Å². The predicted octanol–water partition coefficient (Wildman–Crippen LogP) is 3.54. The lowest BCUT2D eigenvalue weighted by Crippen LogP contribution is -2.38. The van der Waals surface area contributed by atoms with Crippen LogP contribution in [0, 0.1) is 5.41 Å². The van der Waals surface area contributed by atoms with Gasteiger partial charge in [-0.15, -0.1) is 0 Å². The van der Waals surface area contributed by atoms with Gasteiger partial charge in [0.2, 0.25) is 5.91 Å². The molecule has 29 heavy (non-hydrogen) atoms. The molecule has 0 bridgehead atoms. The molecule has 3 aliphatic rings. The Kier molecular flexibility index (Phi) is 6.23. The molecule has 1 aromatic rings. The minimum Gasteiger partial charge on any atom is -0.342 e. The minimum absolute atomic E-state index is 0.0740. The zero-order chi connectivity index (χ0) is 20.3. The van der Waals surface area contributed by atoms with Crippen LogP contribution in [-0.4, -0.2) is 65.8 Å². The van der Waals surface area contributed by atoms with Crippen LogP contribution in [0.15, 0.2) is 24.3 Å². The lowest BCUT2D eigenvalue weighted by atomic mass is 9.85. The smallest absolute Gasteiger partial charge is 0.253 e. The molecule has 5 nitrogen and oxygen atoms in total. The molecule has 1 spiro atoms. The molecule has 0 aliphatic carbocycles. The van der Waals surface area contributed by atoms with Crippen molar-refractivity contribution in [2.24, 2.45) is 5.41 Å². The third kappa shape index (κ3) is 4.35. The molecule has 3 fully saturated rings. The predicted molar refractivity (Wildman–Crippen MR) is 115 cm³/mol. The number of carbonyl (C=O) groups is 2. The quantitative estimate of drug-likeness (QED) is 0.763. The second kappa shape index (κ2) is 8.86. The maximum Gasteiger partial charge on any atom is 0.253 e. The van der Waals surface area contributed by atoms with E-state index in [9.17, 15) is 9.59 Å². The van der Waals surface area contributed by atoms with Crippen LogP contribution in [-0.2, 0) is 11.3 Å². The third-order valence-corrected chi connectivity index (χ3v) is 7.04. The van der Waals surface area contributed by atoms with Crippen molar-refractivity contribution < 1.29 is 9.59 Å². The number of hydrogen-bond acceptors (Lipinski definition) is 3. The molecular formula is C24H35N3O2. The van der Waals surface area contributed by atoms with Crippen molar-refractivity contribution in [3.63, 3.8) is 0 Å². The van der Waals surface area contributed by atoms with Gasteiger partial charge in [0.05, 0.1) is 5.41 Å². The van der Waals surface area contributed by atoms with Gasteiger partial charge in [-0.3, -0.25) is 14.5 Å². The summed E-state index contributed by atoms with van der Waals surface area (Å²) >= 11 is 0. The molecular weight excluding hydrogens is 362 g/mol. The summed E-state index contributed by atoms with van der Waals surface area (Å²) in [6.07, 6.45) is 7.98. The molecule has 1 unspecified atom stereocenters. The first-order chi connectivity index (χ1) is 14.1. The van der Waals surface area contributed by atoms with E-state index in [1.165, 1.54) is 44.3 Å². The minimum atomic E-state index is -0.322. The normalized spacial score (nSPS) is 25.8. The average molecular weight is 398 g/mol. The first-order valence-corrected chi connectivity index (χ1v) is 11.5. The molecule has 5 heteroatoms. The summed E-state index contributed by atoms with van der Waals surface area (Å²) in [6, 6.07) is 8.15. The Morgan fingerprint density at radius 3 is 2.34 bits per heavy atom. The Morgan fingerprint density at radius 2 is 1.66 bits per heavy atom. The molecule has 0 aromatic heterocycles. The topological polar surface area (TPSA) is 43.9 Å². The van der Waals surface area contributed by atoms with Crippen LogP contribution in [0.25, 0.3) is 0 Å². The monoisotopic (exact) mass is 397 g/mol. The van der Waals surface area contributed by atoms with E-state index >= 15 is 0 Å². The number of hydrogen-bond donors (Lipinski definition) is 0. The summed E-state index contributed by atoms with van der Waals surface area (Å²) in [4.78, 5) is 32.3. The Balaban J connectivity index is 1.36. The second-order valence-electron chi connectivity index (χ2n) is 9.19. The fourth-order valence-corrected chi connectivity index (χ4v) is 5.29. The fourth-order valence-electron chi connectivity index (χ4n) is 5.29. The maximum absolute atomic E-state index is 13.0. The largest absolute Gasteiger partial charge is 0.342 e. The third-order valence-electron chi connectivity index (χ3n) is 7.04. The zero-order valence-electron chi connectivity index (χ0n) is 17.9. The van der Waals surface area contributed by atoms with Crippen LogP contribution < -0.4 is 0 Å². The second-order valence-corrected chi connectivity index (χ2v) is 9.19. The van der Waals surface area contributed by atoms with Crippen LogP contribution in [0.5, 0.6) is 0 Å². The van der Waals surface area contributed by atoms with Crippen molar-refractivity contribution in [2.75, 3.05) is 39.3 Å². The Hall–Kier alpha value is -1.88. The van der Waals surface area contributed by atoms with E-state index in [2.05, 4.69) is 24.0 Å². The zero-order valence-corrected chi connectivity index (χ0v) is 17.9. The molecule has 1 atom stereocenters. The van der Waals surface area contributed by atoms with Crippen molar-refractivity contribution in [2.45, 2.75) is 58.4 Å². The van der Waals surface area contributed by atoms with E-state index in [-0.39, 0.29) is 17.2 Å². The van der Waals surface area contributed by atoms with Gasteiger partial charge in [0.15, 0.2) is 0 Å². The van der Waals surface area contributed by atoms with Gasteiger partial charge in [0.25, 0.3) is 5.91 Å². The van der Waals surface area contributed by atoms with Gasteiger partial charge >= 0.3 is 0 Å². The van der Waals surface area contributed by atoms with Gasteiger partial charge in [-0.1, -0.05) is 31.9 Å². The summed E-state index contributed by atoms with van der Waals surface area (Å²) in [5, 5.41) is 0. The average Bonchev–Trinajstić information content (AvgIpc) is 3.19. The van der Waals surface area contributed by atoms with Crippen LogP contribution >= 0.6 is 0 Å². The van der Waals surface area contributed by atoms with Gasteiger partial charge in [0, 0.05) is 38.3 Å². The molecule has 3 heterocycles. The summed E-state index contributed by atoms with van der Waals surface area (Å²) in [5.74, 6) is 0.340. The summed E-state index contributed by atoms with van der Waals surface area (Å²) in [5.41, 5.74) is 1.71. The van der Waals surface area contributed by atoms with Gasteiger partial charge in [-0.2, -0.15) is 0 Å². The standard InChI is InChI=1S/C24H35N3O2/c1-2-13-26-16-11-24(23(26)29)12-17-27(19-24)22(28)21-9-7-20(8-10-21)18-25-14-5-3-4-6-15-25/h7-10H,2-6,11-19H2,1H3. The Bertz CT molecular complexity index is 724. The number of benzene rings is 1. The molecule has 0 radical (unpaired) electrons. The van der Waals surface area contributed by atoms with Gasteiger partial charge in [-0.25, -0.2) is 0 Å². The molecule has 0 N–H and O–H groups in total. The molecule has 2 amide bonds. The van der Waals surface area contributed by atoms with E-state index in [0.717, 1.165) is 44.5 Å². The highest BCUT2D eigenvalue weighted by molar-refractivity contribution is 5.95. The van der Waals surface area contributed by atoms with Gasteiger partial charge in [-0.05, 0) is 62.9 Å². The molecule has 0 saturated carbocycles. The Morgan fingerprint density at radius 1 is 0.966 bits per heavy atom. The number of amides is 2. The maximum atomic E-state index is 13.0. The van der Waals surface area contributed by atoms with Gasteiger partial charge in [0.1, 0.15) is 0 Å². The molecule has 1 aromatic carbocycles. The number of rotatable bonds is 5. The molecule has 3 aliphatic heterocycles. The van der Waals surface area contributed by atoms with Crippen molar-refractivity contribution >= 4 is 11.8 Å². The van der Waals surface area contributed by atoms with Crippen molar-refractivity contribution in [1.82, 2.24) is 14.7 Å². The SMILES string of the molecule is CCCN1CCC2(CCN(C(=O)c3ccc(CN4CCCCCC4)cc3)C2)C1=O. The van der Waals surface area contributed by atoms with Crippen LogP contribution in [0.1, 0.15) is 67.8 Å². The van der Waals surface area contributed by atoms with Crippen molar-refractivity contribution in [1.29, 1.82) is 0 Å². The van der Waals surface area contributed by atoms with E-state index in [4.69, 9.17) is 0 Å².